The Morgan fingerprint density at radius 2 is 2.29 bits per heavy atom. The van der Waals surface area contributed by atoms with Gasteiger partial charge in [-0.15, -0.1) is 0 Å². The molecule has 6 heteroatoms. The molecule has 0 bridgehead atoms. The van der Waals surface area contributed by atoms with Gasteiger partial charge >= 0.3 is 0 Å². The summed E-state index contributed by atoms with van der Waals surface area (Å²) in [6.45, 7) is 2.36. The van der Waals surface area contributed by atoms with Crippen molar-refractivity contribution in [3.05, 3.63) is 29.3 Å². The summed E-state index contributed by atoms with van der Waals surface area (Å²) >= 11 is 6.05. The lowest BCUT2D eigenvalue weighted by Crippen LogP contribution is -2.45. The highest BCUT2D eigenvalue weighted by Crippen LogP contribution is 2.24. The van der Waals surface area contributed by atoms with Gasteiger partial charge in [0.05, 0.1) is 11.6 Å². The van der Waals surface area contributed by atoms with Gasteiger partial charge < -0.3 is 15.4 Å². The van der Waals surface area contributed by atoms with Crippen molar-refractivity contribution in [2.24, 2.45) is 0 Å². The highest BCUT2D eigenvalue weighted by molar-refractivity contribution is 6.32. The highest BCUT2D eigenvalue weighted by Gasteiger charge is 2.27. The lowest BCUT2D eigenvalue weighted by Gasteiger charge is -2.20. The van der Waals surface area contributed by atoms with Crippen molar-refractivity contribution in [2.45, 2.75) is 38.3 Å². The number of carbonyl (C=O) groups excluding carboxylic acids is 2. The number of amides is 2. The zero-order chi connectivity index (χ0) is 15.2. The van der Waals surface area contributed by atoms with Crippen LogP contribution in [0.5, 0.6) is 5.75 Å². The molecule has 2 rings (SSSR count). The van der Waals surface area contributed by atoms with E-state index in [2.05, 4.69) is 10.6 Å². The summed E-state index contributed by atoms with van der Waals surface area (Å²) in [5, 5.41) is 6.00. The maximum absolute atomic E-state index is 11.9. The summed E-state index contributed by atoms with van der Waals surface area (Å²) in [6, 6.07) is 6.82. The van der Waals surface area contributed by atoms with E-state index in [-0.39, 0.29) is 17.9 Å². The minimum absolute atomic E-state index is 0.0745. The summed E-state index contributed by atoms with van der Waals surface area (Å²) < 4.78 is 5.79. The molecule has 1 saturated heterocycles. The number of halogens is 1. The molecule has 0 spiro atoms. The molecule has 1 aromatic rings. The van der Waals surface area contributed by atoms with Crippen molar-refractivity contribution < 1.29 is 14.3 Å². The number of para-hydroxylation sites is 1. The van der Waals surface area contributed by atoms with E-state index < -0.39 is 6.04 Å². The van der Waals surface area contributed by atoms with Gasteiger partial charge in [-0.2, -0.15) is 0 Å². The number of rotatable bonds is 6. The van der Waals surface area contributed by atoms with Crippen LogP contribution in [0.1, 0.15) is 26.2 Å². The summed E-state index contributed by atoms with van der Waals surface area (Å²) in [4.78, 5) is 23.0. The maximum atomic E-state index is 11.9. The Bertz CT molecular complexity index is 521. The van der Waals surface area contributed by atoms with Crippen LogP contribution < -0.4 is 15.4 Å². The van der Waals surface area contributed by atoms with Gasteiger partial charge in [0.2, 0.25) is 11.8 Å². The quantitative estimate of drug-likeness (QED) is 0.843. The molecule has 0 radical (unpaired) electrons. The second-order valence-electron chi connectivity index (χ2n) is 4.98. The minimum Gasteiger partial charge on any atom is -0.487 e. The van der Waals surface area contributed by atoms with Crippen LogP contribution in [-0.4, -0.2) is 30.5 Å². The van der Waals surface area contributed by atoms with E-state index in [1.807, 2.05) is 19.1 Å². The molecule has 1 aromatic carbocycles. The molecule has 21 heavy (non-hydrogen) atoms. The van der Waals surface area contributed by atoms with E-state index in [9.17, 15) is 9.59 Å². The molecule has 1 aliphatic heterocycles. The van der Waals surface area contributed by atoms with Gasteiger partial charge in [-0.1, -0.05) is 30.7 Å². The van der Waals surface area contributed by atoms with Crippen LogP contribution in [0.4, 0.5) is 0 Å². The van der Waals surface area contributed by atoms with E-state index in [1.54, 1.807) is 12.1 Å². The van der Waals surface area contributed by atoms with Gasteiger partial charge in [0.1, 0.15) is 17.9 Å². The topological polar surface area (TPSA) is 67.4 Å². The Morgan fingerprint density at radius 3 is 2.90 bits per heavy atom. The first kappa shape index (κ1) is 15.6. The summed E-state index contributed by atoms with van der Waals surface area (Å²) in [5.41, 5.74) is 0. The smallest absolute Gasteiger partial charge is 0.242 e. The number of hydrogen-bond acceptors (Lipinski definition) is 3. The van der Waals surface area contributed by atoms with Crippen LogP contribution in [0.25, 0.3) is 0 Å². The van der Waals surface area contributed by atoms with E-state index in [1.165, 1.54) is 0 Å². The van der Waals surface area contributed by atoms with Gasteiger partial charge in [-0.3, -0.25) is 9.59 Å². The lowest BCUT2D eigenvalue weighted by molar-refractivity contribution is -0.126. The molecular formula is C15H19ClN2O3. The fourth-order valence-electron chi connectivity index (χ4n) is 2.14. The summed E-state index contributed by atoms with van der Waals surface area (Å²) in [6.07, 6.45) is 1.53. The van der Waals surface area contributed by atoms with Crippen LogP contribution in [-0.2, 0) is 9.59 Å². The van der Waals surface area contributed by atoms with E-state index in [4.69, 9.17) is 16.3 Å². The molecule has 0 unspecified atom stereocenters. The average Bonchev–Trinajstić information content (AvgIpc) is 2.91. The molecule has 5 nitrogen and oxygen atoms in total. The predicted molar refractivity (Wildman–Crippen MR) is 80.3 cm³/mol. The van der Waals surface area contributed by atoms with Gasteiger partial charge in [-0.25, -0.2) is 0 Å². The molecule has 1 aliphatic rings. The van der Waals surface area contributed by atoms with E-state index in [0.717, 1.165) is 6.42 Å². The number of carbonyl (C=O) groups is 2. The summed E-state index contributed by atoms with van der Waals surface area (Å²) in [7, 11) is 0. The molecule has 1 fully saturated rings. The molecular weight excluding hydrogens is 292 g/mol. The standard InChI is InChI=1S/C15H19ClN2O3/c1-2-10(21-13-6-4-3-5-11(13)16)9-17-15(20)12-7-8-14(19)18-12/h3-6,10,12H,2,7-9H2,1H3,(H,17,20)(H,18,19)/t10-,12-/m1/s1. The second-order valence-corrected chi connectivity index (χ2v) is 5.39. The van der Waals surface area contributed by atoms with Gasteiger partial charge in [0, 0.05) is 6.42 Å². The zero-order valence-electron chi connectivity index (χ0n) is 11.9. The van der Waals surface area contributed by atoms with Gasteiger partial charge in [-0.05, 0) is 25.0 Å². The molecule has 0 saturated carbocycles. The highest BCUT2D eigenvalue weighted by atomic mass is 35.5. The average molecular weight is 311 g/mol. The molecule has 2 amide bonds. The van der Waals surface area contributed by atoms with Gasteiger partial charge in [0.25, 0.3) is 0 Å². The number of benzene rings is 1. The van der Waals surface area contributed by atoms with Gasteiger partial charge in [0.15, 0.2) is 0 Å². The van der Waals surface area contributed by atoms with Crippen molar-refractivity contribution in [3.63, 3.8) is 0 Å². The Morgan fingerprint density at radius 1 is 1.52 bits per heavy atom. The van der Waals surface area contributed by atoms with E-state index >= 15 is 0 Å². The molecule has 0 aromatic heterocycles. The fourth-order valence-corrected chi connectivity index (χ4v) is 2.32. The maximum Gasteiger partial charge on any atom is 0.242 e. The van der Waals surface area contributed by atoms with Crippen LogP contribution in [0.3, 0.4) is 0 Å². The van der Waals surface area contributed by atoms with Crippen molar-refractivity contribution >= 4 is 23.4 Å². The third kappa shape index (κ3) is 4.36. The Labute approximate surface area is 129 Å². The first-order valence-corrected chi connectivity index (χ1v) is 7.46. The first-order chi connectivity index (χ1) is 10.1. The fraction of sp³-hybridized carbons (Fsp3) is 0.467. The Balaban J connectivity index is 1.84. The van der Waals surface area contributed by atoms with Crippen LogP contribution in [0.15, 0.2) is 24.3 Å². The SMILES string of the molecule is CC[C@H](CNC(=O)[C@H]1CCC(=O)N1)Oc1ccccc1Cl. The number of ether oxygens (including phenoxy) is 1. The second kappa shape index (κ2) is 7.31. The van der Waals surface area contributed by atoms with Crippen molar-refractivity contribution in [1.82, 2.24) is 10.6 Å². The first-order valence-electron chi connectivity index (χ1n) is 7.08. The third-order valence-electron chi connectivity index (χ3n) is 3.40. The normalized spacial score (nSPS) is 19.0. The summed E-state index contributed by atoms with van der Waals surface area (Å²) in [5.74, 6) is 0.367. The van der Waals surface area contributed by atoms with Crippen molar-refractivity contribution in [2.75, 3.05) is 6.54 Å². The Hall–Kier alpha value is -1.75. The van der Waals surface area contributed by atoms with Crippen molar-refractivity contribution in [1.29, 1.82) is 0 Å². The van der Waals surface area contributed by atoms with E-state index in [0.29, 0.717) is 30.2 Å². The van der Waals surface area contributed by atoms with Crippen molar-refractivity contribution in [3.8, 4) is 5.75 Å². The molecule has 2 atom stereocenters. The molecule has 0 aliphatic carbocycles. The zero-order valence-corrected chi connectivity index (χ0v) is 12.7. The molecule has 2 N–H and O–H groups in total. The number of nitrogens with one attached hydrogen (secondary N) is 2. The monoisotopic (exact) mass is 310 g/mol. The van der Waals surface area contributed by atoms with Crippen LogP contribution >= 0.6 is 11.6 Å². The van der Waals surface area contributed by atoms with Crippen LogP contribution in [0, 0.1) is 0 Å². The molecule has 1 heterocycles. The molecule has 114 valence electrons. The minimum atomic E-state index is -0.421. The van der Waals surface area contributed by atoms with Crippen LogP contribution in [0.2, 0.25) is 5.02 Å². The largest absolute Gasteiger partial charge is 0.487 e. The number of hydrogen-bond donors (Lipinski definition) is 2. The lowest BCUT2D eigenvalue weighted by atomic mass is 10.2. The Kier molecular flexibility index (Phi) is 5.44. The predicted octanol–water partition coefficient (Wildman–Crippen LogP) is 1.89. The third-order valence-corrected chi connectivity index (χ3v) is 3.71.